The van der Waals surface area contributed by atoms with E-state index in [2.05, 4.69) is 0 Å². The molecule has 2 aliphatic rings. The molecule has 2 aromatic carbocycles. The lowest BCUT2D eigenvalue weighted by Crippen LogP contribution is -2.68. The predicted octanol–water partition coefficient (Wildman–Crippen LogP) is 2.77. The average molecular weight is 453 g/mol. The van der Waals surface area contributed by atoms with Gasteiger partial charge in [0.25, 0.3) is 0 Å². The van der Waals surface area contributed by atoms with Crippen LogP contribution in [0.5, 0.6) is 0 Å². The molecular formula is C24H24N2O5S. The Balaban J connectivity index is 1.72. The summed E-state index contributed by atoms with van der Waals surface area (Å²) < 4.78 is 11.3. The molecule has 0 radical (unpaired) electrons. The Bertz CT molecular complexity index is 1020. The van der Waals surface area contributed by atoms with Crippen molar-refractivity contribution in [2.24, 2.45) is 5.73 Å². The molecule has 2 heterocycles. The van der Waals surface area contributed by atoms with Gasteiger partial charge in [-0.1, -0.05) is 60.7 Å². The Morgan fingerprint density at radius 3 is 2.12 bits per heavy atom. The Kier molecular flexibility index (Phi) is 6.34. The maximum absolute atomic E-state index is 13.5. The minimum Gasteiger partial charge on any atom is -0.458 e. The van der Waals surface area contributed by atoms with E-state index in [9.17, 15) is 14.4 Å². The molecule has 2 N–H and O–H groups in total. The molecule has 1 fully saturated rings. The molecule has 0 saturated carbocycles. The molecule has 2 aromatic rings. The number of amides is 1. The lowest BCUT2D eigenvalue weighted by atomic mass is 10.00. The maximum Gasteiger partial charge on any atom is 0.356 e. The van der Waals surface area contributed by atoms with Gasteiger partial charge in [-0.05, 0) is 18.1 Å². The number of thioether (sulfide) groups is 1. The van der Waals surface area contributed by atoms with E-state index in [1.54, 1.807) is 6.92 Å². The lowest BCUT2D eigenvalue weighted by Gasteiger charge is -2.48. The largest absolute Gasteiger partial charge is 0.458 e. The number of fused-ring (bicyclic) bond motifs is 1. The molecule has 32 heavy (non-hydrogen) atoms. The molecular weight excluding hydrogens is 428 g/mol. The van der Waals surface area contributed by atoms with E-state index in [1.807, 2.05) is 60.7 Å². The summed E-state index contributed by atoms with van der Waals surface area (Å²) in [6.07, 6.45) is -1.35. The Hall–Kier alpha value is -3.10. The standard InChI is InChI=1S/C24H24N2O5S/c1-14(30-15(2)27)18-13-32-23-19(25)22(28)26(23)20(18)24(29)31-21(16-9-5-3-6-10-16)17-11-7-4-8-12-17/h3-12,14,19,21,23H,13,25H2,1-2H3/t14?,19?,23-/m0/s1. The van der Waals surface area contributed by atoms with Crippen LogP contribution in [0.1, 0.15) is 31.1 Å². The number of benzene rings is 2. The van der Waals surface area contributed by atoms with Gasteiger partial charge in [0.15, 0.2) is 6.10 Å². The van der Waals surface area contributed by atoms with Gasteiger partial charge in [0.2, 0.25) is 5.91 Å². The van der Waals surface area contributed by atoms with Crippen LogP contribution in [0.3, 0.4) is 0 Å². The van der Waals surface area contributed by atoms with Crippen LogP contribution in [-0.2, 0) is 23.9 Å². The summed E-state index contributed by atoms with van der Waals surface area (Å²) in [7, 11) is 0. The molecule has 166 valence electrons. The van der Waals surface area contributed by atoms with Gasteiger partial charge in [-0.3, -0.25) is 14.5 Å². The number of nitrogens with two attached hydrogens (primary N) is 1. The van der Waals surface area contributed by atoms with Gasteiger partial charge in [0.1, 0.15) is 23.2 Å². The van der Waals surface area contributed by atoms with Gasteiger partial charge < -0.3 is 15.2 Å². The maximum atomic E-state index is 13.5. The van der Waals surface area contributed by atoms with E-state index in [1.165, 1.54) is 23.6 Å². The number of hydrogen-bond acceptors (Lipinski definition) is 7. The fourth-order valence-corrected chi connectivity index (χ4v) is 5.31. The van der Waals surface area contributed by atoms with Crippen LogP contribution in [0, 0.1) is 0 Å². The third-order valence-electron chi connectivity index (χ3n) is 5.50. The van der Waals surface area contributed by atoms with Crippen molar-refractivity contribution in [1.29, 1.82) is 0 Å². The van der Waals surface area contributed by atoms with Gasteiger partial charge in [0, 0.05) is 18.2 Å². The summed E-state index contributed by atoms with van der Waals surface area (Å²) in [5.74, 6) is -1.06. The Labute approximate surface area is 190 Å². The highest BCUT2D eigenvalue weighted by molar-refractivity contribution is 8.00. The van der Waals surface area contributed by atoms with Crippen LogP contribution in [0.25, 0.3) is 0 Å². The number of carbonyl (C=O) groups is 3. The van der Waals surface area contributed by atoms with Crippen molar-refractivity contribution in [3.63, 3.8) is 0 Å². The normalized spacial score (nSPS) is 21.0. The molecule has 1 amide bonds. The molecule has 0 aromatic heterocycles. The van der Waals surface area contributed by atoms with Crippen LogP contribution >= 0.6 is 11.8 Å². The molecule has 1 saturated heterocycles. The Morgan fingerprint density at radius 2 is 1.59 bits per heavy atom. The summed E-state index contributed by atoms with van der Waals surface area (Å²) in [4.78, 5) is 39.0. The monoisotopic (exact) mass is 452 g/mol. The van der Waals surface area contributed by atoms with E-state index in [0.29, 0.717) is 11.3 Å². The fourth-order valence-electron chi connectivity index (χ4n) is 3.91. The van der Waals surface area contributed by atoms with E-state index >= 15 is 0 Å². The van der Waals surface area contributed by atoms with E-state index in [0.717, 1.165) is 11.1 Å². The van der Waals surface area contributed by atoms with Crippen LogP contribution in [0.2, 0.25) is 0 Å². The number of rotatable bonds is 6. The number of esters is 2. The van der Waals surface area contributed by atoms with E-state index in [-0.39, 0.29) is 17.0 Å². The SMILES string of the molecule is CC(=O)OC(C)C1=C(C(=O)OC(c2ccccc2)c2ccccc2)N2C(=O)C(N)[C@@H]2SC1. The lowest BCUT2D eigenvalue weighted by molar-refractivity contribution is -0.153. The van der Waals surface area contributed by atoms with Gasteiger partial charge in [-0.15, -0.1) is 11.8 Å². The van der Waals surface area contributed by atoms with Crippen molar-refractivity contribution in [2.75, 3.05) is 5.75 Å². The molecule has 2 aliphatic heterocycles. The average Bonchev–Trinajstić information content (AvgIpc) is 2.81. The van der Waals surface area contributed by atoms with Crippen LogP contribution in [-0.4, -0.2) is 46.0 Å². The molecule has 4 rings (SSSR count). The number of carbonyl (C=O) groups excluding carboxylic acids is 3. The first-order valence-corrected chi connectivity index (χ1v) is 11.3. The summed E-state index contributed by atoms with van der Waals surface area (Å²) >= 11 is 1.44. The molecule has 2 unspecified atom stereocenters. The zero-order valence-corrected chi connectivity index (χ0v) is 18.6. The van der Waals surface area contributed by atoms with Crippen molar-refractivity contribution < 1.29 is 23.9 Å². The number of β-lactam (4-membered cyclic amide) rings is 1. The smallest absolute Gasteiger partial charge is 0.356 e. The Morgan fingerprint density at radius 1 is 1.03 bits per heavy atom. The van der Waals surface area contributed by atoms with Gasteiger partial charge in [-0.25, -0.2) is 4.79 Å². The summed E-state index contributed by atoms with van der Waals surface area (Å²) in [6, 6.07) is 18.1. The predicted molar refractivity (Wildman–Crippen MR) is 120 cm³/mol. The molecule has 0 aliphatic carbocycles. The molecule has 7 nitrogen and oxygen atoms in total. The number of ether oxygens (including phenoxy) is 2. The highest BCUT2D eigenvalue weighted by Crippen LogP contribution is 2.42. The van der Waals surface area contributed by atoms with Crippen molar-refractivity contribution in [1.82, 2.24) is 4.90 Å². The third kappa shape index (κ3) is 4.16. The van der Waals surface area contributed by atoms with Gasteiger partial charge >= 0.3 is 11.9 Å². The topological polar surface area (TPSA) is 98.9 Å². The second kappa shape index (κ2) is 9.18. The summed E-state index contributed by atoms with van der Waals surface area (Å²) in [5.41, 5.74) is 8.21. The molecule has 3 atom stereocenters. The van der Waals surface area contributed by atoms with E-state index < -0.39 is 30.2 Å². The third-order valence-corrected chi connectivity index (χ3v) is 6.82. The van der Waals surface area contributed by atoms with Gasteiger partial charge in [-0.2, -0.15) is 0 Å². The van der Waals surface area contributed by atoms with Crippen LogP contribution in [0.4, 0.5) is 0 Å². The van der Waals surface area contributed by atoms with Crippen molar-refractivity contribution in [3.05, 3.63) is 83.1 Å². The number of hydrogen-bond donors (Lipinski definition) is 1. The quantitative estimate of drug-likeness (QED) is 0.531. The first kappa shape index (κ1) is 22.1. The first-order chi connectivity index (χ1) is 15.4. The van der Waals surface area contributed by atoms with Crippen molar-refractivity contribution in [2.45, 2.75) is 37.5 Å². The van der Waals surface area contributed by atoms with Crippen molar-refractivity contribution >= 4 is 29.6 Å². The number of nitrogens with zero attached hydrogens (tertiary/aromatic N) is 1. The second-order valence-corrected chi connectivity index (χ2v) is 8.77. The molecule has 8 heteroatoms. The zero-order chi connectivity index (χ0) is 22.8. The highest BCUT2D eigenvalue weighted by atomic mass is 32.2. The summed E-state index contributed by atoms with van der Waals surface area (Å²) in [5, 5.41) is -0.342. The second-order valence-electron chi connectivity index (χ2n) is 7.67. The molecule has 0 bridgehead atoms. The fraction of sp³-hybridized carbons (Fsp3) is 0.292. The zero-order valence-electron chi connectivity index (χ0n) is 17.8. The minimum atomic E-state index is -0.681. The van der Waals surface area contributed by atoms with Crippen LogP contribution < -0.4 is 5.73 Å². The first-order valence-electron chi connectivity index (χ1n) is 10.3. The van der Waals surface area contributed by atoms with Gasteiger partial charge in [0.05, 0.1) is 0 Å². The van der Waals surface area contributed by atoms with E-state index in [4.69, 9.17) is 15.2 Å². The highest BCUT2D eigenvalue weighted by Gasteiger charge is 2.53. The minimum absolute atomic E-state index is 0.117. The molecule has 0 spiro atoms. The van der Waals surface area contributed by atoms with Crippen LogP contribution in [0.15, 0.2) is 71.9 Å². The summed E-state index contributed by atoms with van der Waals surface area (Å²) in [6.45, 7) is 2.99. The van der Waals surface area contributed by atoms with Crippen molar-refractivity contribution in [3.8, 4) is 0 Å².